The van der Waals surface area contributed by atoms with Crippen LogP contribution in [0.25, 0.3) is 0 Å². The highest BCUT2D eigenvalue weighted by molar-refractivity contribution is 6.04. The predicted molar refractivity (Wildman–Crippen MR) is 108 cm³/mol. The predicted octanol–water partition coefficient (Wildman–Crippen LogP) is 4.25. The summed E-state index contributed by atoms with van der Waals surface area (Å²) in [6.07, 6.45) is 0.955. The maximum absolute atomic E-state index is 13.2. The molecule has 0 bridgehead atoms. The highest BCUT2D eigenvalue weighted by atomic mass is 16.5. The third kappa shape index (κ3) is 3.71. The molecule has 0 fully saturated rings. The summed E-state index contributed by atoms with van der Waals surface area (Å²) in [6, 6.07) is 7.56. The maximum atomic E-state index is 13.2. The lowest BCUT2D eigenvalue weighted by Crippen LogP contribution is -2.39. The number of allylic oxidation sites excluding steroid dienone is 3. The van der Waals surface area contributed by atoms with Crippen LogP contribution in [0, 0.1) is 5.41 Å². The average Bonchev–Trinajstić information content (AvgIpc) is 2.58. The van der Waals surface area contributed by atoms with Crippen molar-refractivity contribution in [3.05, 3.63) is 52.4 Å². The maximum Gasteiger partial charge on any atom is 0.337 e. The van der Waals surface area contributed by atoms with E-state index in [0.29, 0.717) is 23.3 Å². The van der Waals surface area contributed by atoms with Crippen molar-refractivity contribution in [1.82, 2.24) is 5.32 Å². The SMILES string of the molecule is COc1ccccc1[C@H]1C(C(=O)OC(C)C)=C(C)NC2=C1C(=O)CC(C)(C)C2. The Bertz CT molecular complexity index is 876. The fourth-order valence-corrected chi connectivity index (χ4v) is 4.20. The second-order valence-corrected chi connectivity index (χ2v) is 8.63. The number of carbonyl (C=O) groups is 2. The van der Waals surface area contributed by atoms with Gasteiger partial charge in [-0.25, -0.2) is 4.79 Å². The molecule has 0 radical (unpaired) electrons. The summed E-state index contributed by atoms with van der Waals surface area (Å²) >= 11 is 0. The number of para-hydroxylation sites is 1. The van der Waals surface area contributed by atoms with Crippen molar-refractivity contribution in [2.24, 2.45) is 5.41 Å². The van der Waals surface area contributed by atoms with E-state index >= 15 is 0 Å². The van der Waals surface area contributed by atoms with Gasteiger partial charge in [-0.2, -0.15) is 0 Å². The van der Waals surface area contributed by atoms with Gasteiger partial charge < -0.3 is 14.8 Å². The number of methoxy groups -OCH3 is 1. The highest BCUT2D eigenvalue weighted by Gasteiger charge is 2.44. The zero-order chi connectivity index (χ0) is 20.6. The summed E-state index contributed by atoms with van der Waals surface area (Å²) in [5.41, 5.74) is 3.45. The minimum absolute atomic E-state index is 0.0667. The normalized spacial score (nSPS) is 21.4. The summed E-state index contributed by atoms with van der Waals surface area (Å²) in [5.74, 6) is -0.180. The Kier molecular flexibility index (Phi) is 5.37. The van der Waals surface area contributed by atoms with Gasteiger partial charge in [-0.3, -0.25) is 4.79 Å². The lowest BCUT2D eigenvalue weighted by Gasteiger charge is -2.39. The molecule has 1 aliphatic heterocycles. The molecule has 1 aromatic carbocycles. The van der Waals surface area contributed by atoms with Crippen molar-refractivity contribution in [3.8, 4) is 5.75 Å². The van der Waals surface area contributed by atoms with Crippen LogP contribution in [0.1, 0.15) is 58.9 Å². The second-order valence-electron chi connectivity index (χ2n) is 8.63. The first-order valence-electron chi connectivity index (χ1n) is 9.72. The van der Waals surface area contributed by atoms with E-state index < -0.39 is 11.9 Å². The van der Waals surface area contributed by atoms with Crippen molar-refractivity contribution in [2.75, 3.05) is 7.11 Å². The van der Waals surface area contributed by atoms with E-state index in [-0.39, 0.29) is 17.3 Å². The Hall–Kier alpha value is -2.56. The number of hydrogen-bond donors (Lipinski definition) is 1. The van der Waals surface area contributed by atoms with E-state index in [1.54, 1.807) is 7.11 Å². The first-order valence-corrected chi connectivity index (χ1v) is 9.72. The van der Waals surface area contributed by atoms with Gasteiger partial charge >= 0.3 is 5.97 Å². The van der Waals surface area contributed by atoms with Crippen LogP contribution in [-0.4, -0.2) is 25.0 Å². The van der Waals surface area contributed by atoms with E-state index in [9.17, 15) is 9.59 Å². The van der Waals surface area contributed by atoms with Crippen LogP contribution in [0.3, 0.4) is 0 Å². The quantitative estimate of drug-likeness (QED) is 0.788. The molecule has 1 N–H and O–H groups in total. The molecule has 150 valence electrons. The number of nitrogens with one attached hydrogen (secondary N) is 1. The molecule has 1 atom stereocenters. The number of ketones is 1. The van der Waals surface area contributed by atoms with E-state index in [1.807, 2.05) is 45.0 Å². The van der Waals surface area contributed by atoms with Crippen LogP contribution in [0.15, 0.2) is 46.8 Å². The molecule has 0 aromatic heterocycles. The van der Waals surface area contributed by atoms with Crippen LogP contribution in [0.2, 0.25) is 0 Å². The van der Waals surface area contributed by atoms with Crippen LogP contribution in [-0.2, 0) is 14.3 Å². The Morgan fingerprint density at radius 2 is 1.89 bits per heavy atom. The van der Waals surface area contributed by atoms with Crippen molar-refractivity contribution in [2.45, 2.75) is 59.5 Å². The van der Waals surface area contributed by atoms with E-state index in [1.165, 1.54) is 0 Å². The van der Waals surface area contributed by atoms with Crippen molar-refractivity contribution in [3.63, 3.8) is 0 Å². The van der Waals surface area contributed by atoms with Gasteiger partial charge in [-0.1, -0.05) is 32.0 Å². The molecule has 0 spiro atoms. The highest BCUT2D eigenvalue weighted by Crippen LogP contribution is 2.48. The molecule has 0 unspecified atom stereocenters. The third-order valence-electron chi connectivity index (χ3n) is 5.25. The number of Topliss-reactive ketones (excluding diaryl/α,β-unsaturated/α-hetero) is 1. The number of dihydropyridines is 1. The van der Waals surface area contributed by atoms with Gasteiger partial charge in [-0.05, 0) is 38.7 Å². The van der Waals surface area contributed by atoms with Gasteiger partial charge in [0.25, 0.3) is 0 Å². The molecule has 0 amide bonds. The zero-order valence-electron chi connectivity index (χ0n) is 17.5. The summed E-state index contributed by atoms with van der Waals surface area (Å²) < 4.78 is 11.1. The van der Waals surface area contributed by atoms with Crippen LogP contribution >= 0.6 is 0 Å². The van der Waals surface area contributed by atoms with Gasteiger partial charge in [0.15, 0.2) is 5.78 Å². The molecule has 5 heteroatoms. The zero-order valence-corrected chi connectivity index (χ0v) is 17.5. The molecule has 1 heterocycles. The molecule has 28 heavy (non-hydrogen) atoms. The average molecular weight is 383 g/mol. The monoisotopic (exact) mass is 383 g/mol. The Morgan fingerprint density at radius 1 is 1.21 bits per heavy atom. The fraction of sp³-hybridized carbons (Fsp3) is 0.478. The van der Waals surface area contributed by atoms with Crippen LogP contribution in [0.4, 0.5) is 0 Å². The smallest absolute Gasteiger partial charge is 0.337 e. The van der Waals surface area contributed by atoms with E-state index in [4.69, 9.17) is 9.47 Å². The van der Waals surface area contributed by atoms with Gasteiger partial charge in [0.1, 0.15) is 5.75 Å². The van der Waals surface area contributed by atoms with Gasteiger partial charge in [0, 0.05) is 29.0 Å². The van der Waals surface area contributed by atoms with Crippen molar-refractivity contribution >= 4 is 11.8 Å². The molecule has 1 aromatic rings. The Balaban J connectivity index is 2.21. The topological polar surface area (TPSA) is 64.6 Å². The molecular formula is C23H29NO4. The number of carbonyl (C=O) groups excluding carboxylic acids is 2. The summed E-state index contributed by atoms with van der Waals surface area (Å²) in [7, 11) is 1.60. The third-order valence-corrected chi connectivity index (χ3v) is 5.25. The molecule has 3 rings (SSSR count). The number of rotatable bonds is 4. The number of esters is 1. The summed E-state index contributed by atoms with van der Waals surface area (Å²) in [5, 5.41) is 3.34. The summed E-state index contributed by atoms with van der Waals surface area (Å²) in [4.78, 5) is 26.2. The molecule has 0 saturated carbocycles. The van der Waals surface area contributed by atoms with Gasteiger partial charge in [-0.15, -0.1) is 0 Å². The lowest BCUT2D eigenvalue weighted by molar-refractivity contribution is -0.143. The van der Waals surface area contributed by atoms with Gasteiger partial charge in [0.05, 0.1) is 24.7 Å². The van der Waals surface area contributed by atoms with Gasteiger partial charge in [0.2, 0.25) is 0 Å². The van der Waals surface area contributed by atoms with Crippen molar-refractivity contribution < 1.29 is 19.1 Å². The van der Waals surface area contributed by atoms with Crippen molar-refractivity contribution in [1.29, 1.82) is 0 Å². The lowest BCUT2D eigenvalue weighted by atomic mass is 9.68. The van der Waals surface area contributed by atoms with Crippen LogP contribution in [0.5, 0.6) is 5.75 Å². The standard InChI is InChI=1S/C23H29NO4/c1-13(2)28-22(26)19-14(3)24-16-11-23(4,5)12-17(25)21(16)20(19)15-9-7-8-10-18(15)27-6/h7-10,13,20,24H,11-12H2,1-6H3/t20-/m0/s1. The Labute approximate surface area is 166 Å². The minimum Gasteiger partial charge on any atom is -0.496 e. The fourth-order valence-electron chi connectivity index (χ4n) is 4.20. The van der Waals surface area contributed by atoms with E-state index in [2.05, 4.69) is 19.2 Å². The second kappa shape index (κ2) is 7.46. The van der Waals surface area contributed by atoms with E-state index in [0.717, 1.165) is 23.4 Å². The number of ether oxygens (including phenoxy) is 2. The largest absolute Gasteiger partial charge is 0.496 e. The minimum atomic E-state index is -0.498. The molecule has 0 saturated heterocycles. The number of benzene rings is 1. The molecule has 5 nitrogen and oxygen atoms in total. The molecule has 2 aliphatic rings. The molecular weight excluding hydrogens is 354 g/mol. The Morgan fingerprint density at radius 3 is 2.54 bits per heavy atom. The number of hydrogen-bond acceptors (Lipinski definition) is 5. The van der Waals surface area contributed by atoms with Crippen LogP contribution < -0.4 is 10.1 Å². The molecule has 1 aliphatic carbocycles. The first-order chi connectivity index (χ1) is 13.1. The summed E-state index contributed by atoms with van der Waals surface area (Å²) in [6.45, 7) is 9.70. The first kappa shape index (κ1) is 20.2.